The van der Waals surface area contributed by atoms with Crippen LogP contribution in [-0.4, -0.2) is 21.6 Å². The average molecular weight is 363 g/mol. The molecule has 3 aromatic rings. The monoisotopic (exact) mass is 363 g/mol. The van der Waals surface area contributed by atoms with Gasteiger partial charge in [-0.05, 0) is 29.3 Å². The average Bonchev–Trinajstić information content (AvgIpc) is 2.66. The van der Waals surface area contributed by atoms with Crippen LogP contribution in [0.1, 0.15) is 24.1 Å². The van der Waals surface area contributed by atoms with Gasteiger partial charge in [0.2, 0.25) is 5.91 Å². The van der Waals surface area contributed by atoms with Gasteiger partial charge in [0.1, 0.15) is 17.5 Å². The predicted octanol–water partition coefficient (Wildman–Crippen LogP) is 3.05. The van der Waals surface area contributed by atoms with Gasteiger partial charge in [-0.2, -0.15) is 5.26 Å². The summed E-state index contributed by atoms with van der Waals surface area (Å²) >= 11 is 1.18. The Morgan fingerprint density at radius 1 is 1.31 bits per heavy atom. The van der Waals surface area contributed by atoms with Gasteiger partial charge in [0.15, 0.2) is 5.16 Å². The van der Waals surface area contributed by atoms with Crippen LogP contribution in [-0.2, 0) is 4.79 Å². The number of hydrogen-bond donors (Lipinski definition) is 2. The summed E-state index contributed by atoms with van der Waals surface area (Å²) in [7, 11) is 0. The van der Waals surface area contributed by atoms with E-state index in [0.29, 0.717) is 5.16 Å². The number of hydrogen-bond acceptors (Lipinski definition) is 6. The number of carbonyl (C=O) groups is 1. The molecule has 7 heteroatoms. The van der Waals surface area contributed by atoms with E-state index in [0.717, 1.165) is 10.9 Å². The van der Waals surface area contributed by atoms with Crippen molar-refractivity contribution in [3.8, 4) is 6.07 Å². The minimum atomic E-state index is -0.123. The Hall–Kier alpha value is -3.11. The van der Waals surface area contributed by atoms with Crippen molar-refractivity contribution in [2.45, 2.75) is 18.1 Å². The van der Waals surface area contributed by atoms with Crippen LogP contribution in [0.4, 0.5) is 5.82 Å². The van der Waals surface area contributed by atoms with E-state index in [-0.39, 0.29) is 29.1 Å². The van der Waals surface area contributed by atoms with Gasteiger partial charge in [0, 0.05) is 0 Å². The van der Waals surface area contributed by atoms with Crippen molar-refractivity contribution in [2.75, 3.05) is 11.5 Å². The van der Waals surface area contributed by atoms with Crippen molar-refractivity contribution in [3.63, 3.8) is 0 Å². The van der Waals surface area contributed by atoms with Gasteiger partial charge in [-0.25, -0.2) is 9.97 Å². The van der Waals surface area contributed by atoms with E-state index in [1.54, 1.807) is 0 Å². The van der Waals surface area contributed by atoms with Gasteiger partial charge in [-0.15, -0.1) is 0 Å². The lowest BCUT2D eigenvalue weighted by Gasteiger charge is -2.15. The molecular formula is C19H17N5OS. The van der Waals surface area contributed by atoms with Gasteiger partial charge in [0.25, 0.3) is 0 Å². The van der Waals surface area contributed by atoms with Gasteiger partial charge in [0.05, 0.1) is 18.0 Å². The van der Waals surface area contributed by atoms with Crippen LogP contribution in [0.15, 0.2) is 53.8 Å². The fraction of sp³-hybridized carbons (Fsp3) is 0.158. The Bertz CT molecular complexity index is 999. The maximum atomic E-state index is 12.2. The van der Waals surface area contributed by atoms with Crippen molar-refractivity contribution in [3.05, 3.63) is 59.8 Å². The van der Waals surface area contributed by atoms with Crippen molar-refractivity contribution >= 4 is 34.3 Å². The number of nitriles is 1. The van der Waals surface area contributed by atoms with Crippen LogP contribution in [0.3, 0.4) is 0 Å². The van der Waals surface area contributed by atoms with Gasteiger partial charge < -0.3 is 11.1 Å². The second-order valence-corrected chi connectivity index (χ2v) is 6.69. The van der Waals surface area contributed by atoms with Gasteiger partial charge in [-0.1, -0.05) is 48.2 Å². The van der Waals surface area contributed by atoms with Gasteiger partial charge in [-0.3, -0.25) is 4.79 Å². The molecule has 1 heterocycles. The van der Waals surface area contributed by atoms with E-state index in [1.807, 2.05) is 31.2 Å². The van der Waals surface area contributed by atoms with E-state index in [2.05, 4.69) is 39.6 Å². The second kappa shape index (κ2) is 7.85. The molecule has 0 spiro atoms. The van der Waals surface area contributed by atoms with Crippen LogP contribution in [0, 0.1) is 11.3 Å². The van der Waals surface area contributed by atoms with E-state index < -0.39 is 0 Å². The molecule has 1 amide bonds. The van der Waals surface area contributed by atoms with Crippen LogP contribution >= 0.6 is 11.8 Å². The van der Waals surface area contributed by atoms with Crippen molar-refractivity contribution in [1.82, 2.24) is 15.3 Å². The number of rotatable bonds is 5. The molecule has 3 N–H and O–H groups in total. The fourth-order valence-electron chi connectivity index (χ4n) is 2.51. The third-order valence-electron chi connectivity index (χ3n) is 3.90. The number of carbonyl (C=O) groups excluding carboxylic acids is 1. The molecule has 0 radical (unpaired) electrons. The molecule has 0 aliphatic heterocycles. The van der Waals surface area contributed by atoms with Crippen molar-refractivity contribution < 1.29 is 4.79 Å². The highest BCUT2D eigenvalue weighted by Crippen LogP contribution is 2.21. The maximum Gasteiger partial charge on any atom is 0.230 e. The number of nitrogens with one attached hydrogen (secondary N) is 1. The first-order valence-electron chi connectivity index (χ1n) is 8.00. The molecule has 130 valence electrons. The zero-order valence-electron chi connectivity index (χ0n) is 14.1. The van der Waals surface area contributed by atoms with Crippen molar-refractivity contribution in [1.29, 1.82) is 5.26 Å². The highest BCUT2D eigenvalue weighted by Gasteiger charge is 2.12. The molecule has 0 fully saturated rings. The highest BCUT2D eigenvalue weighted by atomic mass is 32.2. The molecule has 0 bridgehead atoms. The number of nitrogens with zero attached hydrogens (tertiary/aromatic N) is 3. The minimum Gasteiger partial charge on any atom is -0.382 e. The lowest BCUT2D eigenvalue weighted by atomic mass is 10.0. The number of nitrogens with two attached hydrogens (primary N) is 1. The molecule has 0 aliphatic carbocycles. The quantitative estimate of drug-likeness (QED) is 0.533. The smallest absolute Gasteiger partial charge is 0.230 e. The molecule has 0 aliphatic rings. The number of aromatic nitrogens is 2. The lowest BCUT2D eigenvalue weighted by molar-refractivity contribution is -0.119. The second-order valence-electron chi connectivity index (χ2n) is 5.75. The molecule has 6 nitrogen and oxygen atoms in total. The maximum absolute atomic E-state index is 12.2. The number of thioether (sulfide) groups is 1. The number of fused-ring (bicyclic) bond motifs is 1. The van der Waals surface area contributed by atoms with Crippen LogP contribution < -0.4 is 11.1 Å². The highest BCUT2D eigenvalue weighted by molar-refractivity contribution is 7.99. The third kappa shape index (κ3) is 4.10. The summed E-state index contributed by atoms with van der Waals surface area (Å²) in [6, 6.07) is 16.1. The van der Waals surface area contributed by atoms with E-state index in [9.17, 15) is 4.79 Å². The summed E-state index contributed by atoms with van der Waals surface area (Å²) in [6.07, 6.45) is 1.36. The first-order chi connectivity index (χ1) is 12.6. The van der Waals surface area contributed by atoms with Crippen LogP contribution in [0.2, 0.25) is 0 Å². The molecule has 0 saturated carbocycles. The Morgan fingerprint density at radius 2 is 2.08 bits per heavy atom. The van der Waals surface area contributed by atoms with E-state index in [1.165, 1.54) is 23.3 Å². The molecular weight excluding hydrogens is 346 g/mol. The minimum absolute atomic E-state index is 0.111. The molecule has 1 unspecified atom stereocenters. The Morgan fingerprint density at radius 3 is 2.81 bits per heavy atom. The van der Waals surface area contributed by atoms with E-state index >= 15 is 0 Å². The summed E-state index contributed by atoms with van der Waals surface area (Å²) in [5, 5.41) is 14.5. The number of anilines is 1. The first kappa shape index (κ1) is 17.7. The standard InChI is InChI=1S/C19H17N5OS/c1-12(14-7-6-13-4-2-3-5-15(13)8-14)23-17(25)11-26-19-22-10-16(9-20)18(21)24-19/h2-8,10,12H,11H2,1H3,(H,23,25)(H2,21,22,24). The van der Waals surface area contributed by atoms with Crippen molar-refractivity contribution in [2.24, 2.45) is 0 Å². The summed E-state index contributed by atoms with van der Waals surface area (Å²) in [5.41, 5.74) is 6.92. The molecule has 3 rings (SSSR count). The zero-order chi connectivity index (χ0) is 18.5. The SMILES string of the molecule is CC(NC(=O)CSc1ncc(C#N)c(N)n1)c1ccc2ccccc2c1. The normalized spacial score (nSPS) is 11.7. The first-order valence-corrected chi connectivity index (χ1v) is 8.99. The molecule has 0 saturated heterocycles. The number of benzene rings is 2. The molecule has 26 heavy (non-hydrogen) atoms. The Balaban J connectivity index is 1.60. The Labute approximate surface area is 155 Å². The third-order valence-corrected chi connectivity index (χ3v) is 4.76. The fourth-order valence-corrected chi connectivity index (χ4v) is 3.14. The molecule has 2 aromatic carbocycles. The van der Waals surface area contributed by atoms with Gasteiger partial charge >= 0.3 is 0 Å². The van der Waals surface area contributed by atoms with E-state index in [4.69, 9.17) is 11.0 Å². The molecule has 1 atom stereocenters. The number of amides is 1. The predicted molar refractivity (Wildman–Crippen MR) is 102 cm³/mol. The summed E-state index contributed by atoms with van der Waals surface area (Å²) in [5.74, 6) is 0.167. The Kier molecular flexibility index (Phi) is 5.34. The molecule has 1 aromatic heterocycles. The number of nitrogen functional groups attached to an aromatic ring is 1. The zero-order valence-corrected chi connectivity index (χ0v) is 15.0. The van der Waals surface area contributed by atoms with Crippen LogP contribution in [0.5, 0.6) is 0 Å². The lowest BCUT2D eigenvalue weighted by Crippen LogP contribution is -2.28. The summed E-state index contributed by atoms with van der Waals surface area (Å²) < 4.78 is 0. The summed E-state index contributed by atoms with van der Waals surface area (Å²) in [4.78, 5) is 20.2. The topological polar surface area (TPSA) is 105 Å². The largest absolute Gasteiger partial charge is 0.382 e. The summed E-state index contributed by atoms with van der Waals surface area (Å²) in [6.45, 7) is 1.95. The van der Waals surface area contributed by atoms with Crippen LogP contribution in [0.25, 0.3) is 10.8 Å².